The Morgan fingerprint density at radius 1 is 0.561 bits per heavy atom. The molecule has 13 aromatic rings. The Hall–Kier alpha value is -7.51. The zero-order valence-corrected chi connectivity index (χ0v) is 53.0. The number of benzene rings is 8. The molecule has 0 spiro atoms. The molecule has 5 aromatic heterocycles. The van der Waals surface area contributed by atoms with Crippen molar-refractivity contribution in [3.63, 3.8) is 0 Å². The molecular weight excluding hydrogens is 1240 g/mol. The van der Waals surface area contributed by atoms with Gasteiger partial charge in [-0.2, -0.15) is 11.3 Å². The summed E-state index contributed by atoms with van der Waals surface area (Å²) in [5.74, 6) is 0.883. The fourth-order valence-electron chi connectivity index (χ4n) is 10.3. The Kier molecular flexibility index (Phi) is 16.7. The van der Waals surface area contributed by atoms with Crippen LogP contribution in [0.1, 0.15) is 50.7 Å². The first kappa shape index (κ1) is 57.7. The standard InChI is InChI=1S/C43H35N2O.C14H13FNSSi.C14H15FNSi.Ir/c1-27(2)36-25-32(31-23-21-30(22-24-31)29-13-6-5-7-14-29)26-37(28(3)4)41(36)45-39-19-10-9-18-38(39)44-43(45)35-17-12-16-34-33-15-8-11-20-40(33)46-42(34)35;1-18(2,3)10-7-13-14(16-8-10)11-5-4-9(15)6-12(11)17-13;1-17(2,3)13-8-9-14(16-10-13)11-4-6-12(15)7-5-11;/h5-16,18-28H,1-4H3;4,6-8H,1-3H3;4,6-10H,1-3H3;/q3*-1;+3. The Morgan fingerprint density at radius 3 is 1.85 bits per heavy atom. The van der Waals surface area contributed by atoms with Crippen LogP contribution in [-0.4, -0.2) is 35.7 Å². The molecule has 0 bridgehead atoms. The monoisotopic (exact) mass is 1310 g/mol. The third kappa shape index (κ3) is 11.9. The number of hydrogen-bond acceptors (Lipinski definition) is 5. The van der Waals surface area contributed by atoms with Gasteiger partial charge in [0.15, 0.2) is 0 Å². The number of rotatable bonds is 9. The van der Waals surface area contributed by atoms with Crippen LogP contribution in [0.5, 0.6) is 0 Å². The first-order chi connectivity index (χ1) is 38.9. The predicted molar refractivity (Wildman–Crippen MR) is 342 cm³/mol. The molecular formula is C71H63F2IrN4OSSi2. The number of pyridine rings is 2. The van der Waals surface area contributed by atoms with Gasteiger partial charge in [0.1, 0.15) is 5.58 Å². The van der Waals surface area contributed by atoms with E-state index < -0.39 is 16.1 Å². The van der Waals surface area contributed by atoms with E-state index in [0.717, 1.165) is 75.9 Å². The summed E-state index contributed by atoms with van der Waals surface area (Å²) in [6.45, 7) is 22.9. The molecule has 11 heteroatoms. The number of imidazole rings is 1. The van der Waals surface area contributed by atoms with Crippen molar-refractivity contribution in [2.75, 3.05) is 0 Å². The summed E-state index contributed by atoms with van der Waals surface area (Å²) in [6, 6.07) is 68.2. The smallest absolute Gasteiger partial charge is 0.501 e. The van der Waals surface area contributed by atoms with Crippen molar-refractivity contribution >= 4 is 91.1 Å². The largest absolute Gasteiger partial charge is 3.00 e. The SMILES string of the molecule is CC(C)c1cc(-c2ccc(-c3ccccc3)cc2)cc(C(C)C)c1-n1c(-c2[c-]ccc3c2oc2ccccc23)nc2ccccc21.C[Si](C)(C)c1ccc(-c2[c-]cc(F)cc2)nc1.C[Si](C)(C)c1cnc2c(c1)sc1cc(F)c[c-]c12.[Ir+3]. The Labute approximate surface area is 499 Å². The van der Waals surface area contributed by atoms with E-state index in [1.165, 1.54) is 67.6 Å². The van der Waals surface area contributed by atoms with Crippen LogP contribution in [0.4, 0.5) is 8.78 Å². The third-order valence-electron chi connectivity index (χ3n) is 14.8. The summed E-state index contributed by atoms with van der Waals surface area (Å²) >= 11 is 1.59. The molecule has 0 unspecified atom stereocenters. The van der Waals surface area contributed by atoms with Crippen LogP contribution in [0.25, 0.3) is 104 Å². The molecule has 0 N–H and O–H groups in total. The topological polar surface area (TPSA) is 56.7 Å². The summed E-state index contributed by atoms with van der Waals surface area (Å²) in [7, 11) is -2.65. The van der Waals surface area contributed by atoms with Gasteiger partial charge in [0, 0.05) is 45.3 Å². The molecule has 0 amide bonds. The molecule has 0 aliphatic rings. The zero-order chi connectivity index (χ0) is 56.7. The maximum atomic E-state index is 13.2. The van der Waals surface area contributed by atoms with Crippen LogP contribution in [0, 0.1) is 29.8 Å². The second kappa shape index (κ2) is 23.8. The first-order valence-electron chi connectivity index (χ1n) is 27.6. The molecule has 0 saturated heterocycles. The third-order valence-corrected chi connectivity index (χ3v) is 19.9. The molecule has 82 heavy (non-hydrogen) atoms. The van der Waals surface area contributed by atoms with Crippen molar-refractivity contribution < 1.29 is 33.3 Å². The van der Waals surface area contributed by atoms with Gasteiger partial charge in [-0.15, -0.1) is 65.5 Å². The van der Waals surface area contributed by atoms with Gasteiger partial charge in [0.05, 0.1) is 38.6 Å². The van der Waals surface area contributed by atoms with Crippen LogP contribution >= 0.6 is 11.3 Å². The average molecular weight is 1310 g/mol. The van der Waals surface area contributed by atoms with Crippen molar-refractivity contribution in [1.82, 2.24) is 19.5 Å². The number of thiophene rings is 1. The quantitative estimate of drug-likeness (QED) is 0.107. The minimum absolute atomic E-state index is 0. The second-order valence-electron chi connectivity index (χ2n) is 23.3. The van der Waals surface area contributed by atoms with Crippen molar-refractivity contribution in [3.8, 4) is 50.6 Å². The number of aromatic nitrogens is 4. The van der Waals surface area contributed by atoms with Gasteiger partial charge < -0.3 is 19.0 Å². The van der Waals surface area contributed by atoms with E-state index in [0.29, 0.717) is 0 Å². The fourth-order valence-corrected chi connectivity index (χ4v) is 13.5. The van der Waals surface area contributed by atoms with Gasteiger partial charge >= 0.3 is 20.1 Å². The summed E-state index contributed by atoms with van der Waals surface area (Å²) in [5.41, 5.74) is 15.8. The van der Waals surface area contributed by atoms with E-state index in [-0.39, 0.29) is 43.6 Å². The van der Waals surface area contributed by atoms with Crippen molar-refractivity contribution in [2.24, 2.45) is 0 Å². The number of nitrogens with zero attached hydrogens (tertiary/aromatic N) is 4. The van der Waals surface area contributed by atoms with Crippen LogP contribution < -0.4 is 10.4 Å². The van der Waals surface area contributed by atoms with E-state index in [1.54, 1.807) is 23.5 Å². The number of fused-ring (bicyclic) bond motifs is 7. The van der Waals surface area contributed by atoms with E-state index in [1.807, 2.05) is 36.7 Å². The fraction of sp³-hybridized carbons (Fsp3) is 0.169. The molecule has 0 saturated carbocycles. The Morgan fingerprint density at radius 2 is 1.20 bits per heavy atom. The summed E-state index contributed by atoms with van der Waals surface area (Å²) in [6.07, 6.45) is 3.90. The molecule has 13 rings (SSSR count). The molecule has 0 aliphatic heterocycles. The first-order valence-corrected chi connectivity index (χ1v) is 35.4. The number of para-hydroxylation sites is 3. The summed E-state index contributed by atoms with van der Waals surface area (Å²) in [4.78, 5) is 14.3. The van der Waals surface area contributed by atoms with E-state index >= 15 is 0 Å². The maximum Gasteiger partial charge on any atom is 3.00 e. The molecule has 0 fully saturated rings. The summed E-state index contributed by atoms with van der Waals surface area (Å²) in [5, 5.41) is 5.76. The van der Waals surface area contributed by atoms with Crippen molar-refractivity contribution in [2.45, 2.75) is 78.8 Å². The number of furan rings is 1. The normalized spacial score (nSPS) is 11.8. The molecule has 0 atom stereocenters. The van der Waals surface area contributed by atoms with E-state index in [4.69, 9.17) is 9.40 Å². The summed E-state index contributed by atoms with van der Waals surface area (Å²) < 4.78 is 36.9. The Balaban J connectivity index is 0.000000171. The van der Waals surface area contributed by atoms with Crippen LogP contribution in [0.15, 0.2) is 193 Å². The molecule has 410 valence electrons. The minimum atomic E-state index is -1.35. The van der Waals surface area contributed by atoms with Crippen LogP contribution in [0.2, 0.25) is 39.3 Å². The van der Waals surface area contributed by atoms with Crippen LogP contribution in [-0.2, 0) is 20.1 Å². The van der Waals surface area contributed by atoms with Gasteiger partial charge in [0.25, 0.3) is 0 Å². The van der Waals surface area contributed by atoms with Gasteiger partial charge in [-0.25, -0.2) is 0 Å². The van der Waals surface area contributed by atoms with Gasteiger partial charge in [-0.1, -0.05) is 192 Å². The minimum Gasteiger partial charge on any atom is -0.501 e. The van der Waals surface area contributed by atoms with Crippen LogP contribution in [0.3, 0.4) is 0 Å². The zero-order valence-electron chi connectivity index (χ0n) is 47.7. The molecule has 0 radical (unpaired) electrons. The van der Waals surface area contributed by atoms with Crippen molar-refractivity contribution in [1.29, 1.82) is 0 Å². The van der Waals surface area contributed by atoms with E-state index in [2.05, 4.69) is 221 Å². The molecule has 5 heterocycles. The Bertz CT molecular complexity index is 4360. The maximum absolute atomic E-state index is 13.2. The van der Waals surface area contributed by atoms with Gasteiger partial charge in [0.2, 0.25) is 0 Å². The van der Waals surface area contributed by atoms with Crippen molar-refractivity contribution in [3.05, 3.63) is 229 Å². The number of hydrogen-bond donors (Lipinski definition) is 0. The molecule has 8 aromatic carbocycles. The predicted octanol–water partition coefficient (Wildman–Crippen LogP) is 19.1. The molecule has 5 nitrogen and oxygen atoms in total. The number of halogens is 2. The molecule has 0 aliphatic carbocycles. The second-order valence-corrected chi connectivity index (χ2v) is 34.5. The van der Waals surface area contributed by atoms with E-state index in [9.17, 15) is 8.78 Å². The van der Waals surface area contributed by atoms with Gasteiger partial charge in [-0.05, 0) is 91.6 Å². The average Bonchev–Trinajstić information content (AvgIpc) is 3.32. The van der Waals surface area contributed by atoms with Gasteiger partial charge in [-0.3, -0.25) is 13.8 Å².